The molecule has 33 heavy (non-hydrogen) atoms. The predicted octanol–water partition coefficient (Wildman–Crippen LogP) is 4.05. The van der Waals surface area contributed by atoms with Gasteiger partial charge in [-0.1, -0.05) is 16.4 Å². The second-order valence-corrected chi connectivity index (χ2v) is 9.65. The van der Waals surface area contributed by atoms with Gasteiger partial charge in [-0.2, -0.15) is 13.5 Å². The van der Waals surface area contributed by atoms with Gasteiger partial charge in [-0.25, -0.2) is 14.9 Å². The maximum Gasteiger partial charge on any atom is 0.296 e. The minimum atomic E-state index is -4.53. The van der Waals surface area contributed by atoms with Gasteiger partial charge in [-0.15, -0.1) is 14.6 Å². The van der Waals surface area contributed by atoms with Crippen LogP contribution in [-0.4, -0.2) is 33.0 Å². The molecule has 2 aromatic heterocycles. The zero-order chi connectivity index (χ0) is 23.8. The van der Waals surface area contributed by atoms with Crippen LogP contribution in [0, 0.1) is 6.92 Å². The van der Waals surface area contributed by atoms with Gasteiger partial charge in [0, 0.05) is 4.90 Å². The first kappa shape index (κ1) is 23.1. The zero-order valence-corrected chi connectivity index (χ0v) is 19.1. The minimum Gasteiger partial charge on any atom is -0.398 e. The highest BCUT2D eigenvalue weighted by Gasteiger charge is 2.19. The average molecular weight is 510 g/mol. The molecule has 172 valence electrons. The Morgan fingerprint density at radius 3 is 2.70 bits per heavy atom. The number of nitrogens with two attached hydrogens (primary N) is 2. The molecular formula is C17H15N7O6S3. The maximum atomic E-state index is 11.6. The molecule has 4 aromatic rings. The molecule has 0 saturated carbocycles. The summed E-state index contributed by atoms with van der Waals surface area (Å²) in [5, 5.41) is 24.8. The van der Waals surface area contributed by atoms with E-state index < -0.39 is 15.0 Å². The monoisotopic (exact) mass is 509 g/mol. The molecule has 16 heteroatoms. The van der Waals surface area contributed by atoms with Crippen molar-refractivity contribution < 1.29 is 27.6 Å². The predicted molar refractivity (Wildman–Crippen MR) is 121 cm³/mol. The van der Waals surface area contributed by atoms with Gasteiger partial charge in [0.25, 0.3) is 10.1 Å². The molecule has 0 bridgehead atoms. The molecule has 0 aliphatic rings. The normalized spacial score (nSPS) is 12.2. The van der Waals surface area contributed by atoms with E-state index in [0.717, 1.165) is 22.8 Å². The van der Waals surface area contributed by atoms with E-state index in [1.807, 2.05) is 0 Å². The van der Waals surface area contributed by atoms with Crippen molar-refractivity contribution in [1.29, 1.82) is 0 Å². The summed E-state index contributed by atoms with van der Waals surface area (Å²) in [7, 11) is -4.53. The van der Waals surface area contributed by atoms with Gasteiger partial charge in [0.1, 0.15) is 4.90 Å². The second kappa shape index (κ2) is 9.02. The van der Waals surface area contributed by atoms with Crippen LogP contribution in [0.1, 0.15) is 5.69 Å². The van der Waals surface area contributed by atoms with Crippen LogP contribution >= 0.6 is 23.4 Å². The van der Waals surface area contributed by atoms with Crippen molar-refractivity contribution in [3.63, 3.8) is 0 Å². The minimum absolute atomic E-state index is 0.100. The highest BCUT2D eigenvalue weighted by Crippen LogP contribution is 2.35. The summed E-state index contributed by atoms with van der Waals surface area (Å²) in [6, 6.07) is 9.26. The van der Waals surface area contributed by atoms with Crippen molar-refractivity contribution in [3.05, 3.63) is 42.1 Å². The molecule has 0 saturated heterocycles. The first-order chi connectivity index (χ1) is 15.7. The molecule has 0 spiro atoms. The number of nitrogen functional groups attached to an aromatic ring is 2. The molecular weight excluding hydrogens is 494 g/mol. The van der Waals surface area contributed by atoms with Gasteiger partial charge in [-0.05, 0) is 43.3 Å². The van der Waals surface area contributed by atoms with Gasteiger partial charge in [0.15, 0.2) is 11.5 Å². The summed E-state index contributed by atoms with van der Waals surface area (Å²) in [5.74, 6) is 0.100. The average Bonchev–Trinajstić information content (AvgIpc) is 3.29. The lowest BCUT2D eigenvalue weighted by atomic mass is 10.3. The summed E-state index contributed by atoms with van der Waals surface area (Å²) < 4.78 is 39.0. The molecule has 0 aliphatic carbocycles. The number of nitrogens with zero attached hydrogens (tertiary/aromatic N) is 5. The Kier molecular flexibility index (Phi) is 6.30. The zero-order valence-electron chi connectivity index (χ0n) is 16.6. The number of azo groups is 1. The topological polar surface area (TPSA) is 201 Å². The third-order valence-corrected chi connectivity index (χ3v) is 6.73. The van der Waals surface area contributed by atoms with E-state index in [4.69, 9.17) is 16.7 Å². The number of benzene rings is 2. The Bertz CT molecular complexity index is 1480. The first-order valence-electron chi connectivity index (χ1n) is 8.87. The van der Waals surface area contributed by atoms with E-state index in [0.29, 0.717) is 21.2 Å². The summed E-state index contributed by atoms with van der Waals surface area (Å²) in [4.78, 5) is 4.57. The molecule has 2 aromatic carbocycles. The van der Waals surface area contributed by atoms with Crippen LogP contribution < -0.4 is 11.5 Å². The number of aromatic nitrogens is 3. The van der Waals surface area contributed by atoms with Crippen molar-refractivity contribution in [2.24, 2.45) is 10.2 Å². The van der Waals surface area contributed by atoms with Crippen molar-refractivity contribution in [2.75, 3.05) is 11.5 Å². The Morgan fingerprint density at radius 1 is 1.18 bits per heavy atom. The van der Waals surface area contributed by atoms with Crippen molar-refractivity contribution in [2.45, 2.75) is 16.7 Å². The van der Waals surface area contributed by atoms with Crippen molar-refractivity contribution >= 4 is 66.0 Å². The molecule has 0 radical (unpaired) electrons. The standard InChI is InChI=1S/C17H15N7O6S3/c1-8-15(16(19)24(23-8)9-2-4-11(18)14(6-9)33(26,27)28)21-22-17-20-12-7-10(32-30-29-25)3-5-13(12)31-17/h2-7,25H,18-19H2,1H3,(H,26,27,28). The fourth-order valence-electron chi connectivity index (χ4n) is 2.87. The van der Waals surface area contributed by atoms with Crippen LogP contribution in [0.25, 0.3) is 15.9 Å². The van der Waals surface area contributed by atoms with Crippen molar-refractivity contribution in [1.82, 2.24) is 14.8 Å². The number of anilines is 2. The fraction of sp³-hybridized carbons (Fsp3) is 0.0588. The smallest absolute Gasteiger partial charge is 0.296 e. The van der Waals surface area contributed by atoms with Crippen LogP contribution in [0.15, 0.2) is 56.4 Å². The Morgan fingerprint density at radius 2 is 1.97 bits per heavy atom. The van der Waals surface area contributed by atoms with Crippen LogP contribution in [0.4, 0.5) is 22.3 Å². The summed E-state index contributed by atoms with van der Waals surface area (Å²) in [6.07, 6.45) is 0. The Balaban J connectivity index is 1.65. The molecule has 6 N–H and O–H groups in total. The van der Waals surface area contributed by atoms with Gasteiger partial charge in [0.05, 0.1) is 39.3 Å². The molecule has 0 aliphatic heterocycles. The van der Waals surface area contributed by atoms with E-state index in [2.05, 4.69) is 29.7 Å². The lowest BCUT2D eigenvalue weighted by Gasteiger charge is -2.07. The Hall–Kier alpha value is -3.12. The van der Waals surface area contributed by atoms with Gasteiger partial charge < -0.3 is 11.5 Å². The molecule has 0 amide bonds. The van der Waals surface area contributed by atoms with E-state index in [1.54, 1.807) is 25.1 Å². The number of thiazole rings is 1. The van der Waals surface area contributed by atoms with E-state index in [1.165, 1.54) is 28.2 Å². The third kappa shape index (κ3) is 4.81. The lowest BCUT2D eigenvalue weighted by molar-refractivity contribution is -0.432. The van der Waals surface area contributed by atoms with E-state index in [9.17, 15) is 13.0 Å². The molecule has 4 rings (SSSR count). The van der Waals surface area contributed by atoms with Gasteiger partial charge in [0.2, 0.25) is 5.13 Å². The van der Waals surface area contributed by atoms with Crippen molar-refractivity contribution in [3.8, 4) is 5.69 Å². The number of hydrogen-bond acceptors (Lipinski definition) is 13. The highest BCUT2D eigenvalue weighted by atomic mass is 32.2. The number of hydrogen-bond donors (Lipinski definition) is 4. The van der Waals surface area contributed by atoms with E-state index in [-0.39, 0.29) is 22.9 Å². The molecule has 0 unspecified atom stereocenters. The molecule has 13 nitrogen and oxygen atoms in total. The van der Waals surface area contributed by atoms with E-state index >= 15 is 0 Å². The highest BCUT2D eigenvalue weighted by molar-refractivity contribution is 7.94. The summed E-state index contributed by atoms with van der Waals surface area (Å²) in [6.45, 7) is 1.66. The maximum absolute atomic E-state index is 11.6. The number of rotatable bonds is 7. The third-order valence-electron chi connectivity index (χ3n) is 4.33. The molecule has 2 heterocycles. The second-order valence-electron chi connectivity index (χ2n) is 6.48. The summed E-state index contributed by atoms with van der Waals surface area (Å²) in [5.41, 5.74) is 13.3. The summed E-state index contributed by atoms with van der Waals surface area (Å²) >= 11 is 2.10. The number of aryl methyl sites for hydroxylation is 1. The lowest BCUT2D eigenvalue weighted by Crippen LogP contribution is -2.07. The van der Waals surface area contributed by atoms with Crippen LogP contribution in [-0.2, 0) is 19.5 Å². The largest absolute Gasteiger partial charge is 0.398 e. The molecule has 0 atom stereocenters. The Labute approximate surface area is 194 Å². The quantitative estimate of drug-likeness (QED) is 0.0699. The SMILES string of the molecule is Cc1nn(-c2ccc(N)c(S(=O)(=O)O)c2)c(N)c1N=Nc1nc2cc(SOOO)ccc2s1. The first-order valence-corrected chi connectivity index (χ1v) is 11.9. The van der Waals surface area contributed by atoms with Gasteiger partial charge >= 0.3 is 0 Å². The number of fused-ring (bicyclic) bond motifs is 1. The molecule has 0 fully saturated rings. The van der Waals surface area contributed by atoms with Crippen LogP contribution in [0.5, 0.6) is 0 Å². The van der Waals surface area contributed by atoms with Crippen LogP contribution in [0.3, 0.4) is 0 Å². The van der Waals surface area contributed by atoms with Gasteiger partial charge in [-0.3, -0.25) is 4.55 Å². The fourth-order valence-corrected chi connectivity index (χ4v) is 4.67. The van der Waals surface area contributed by atoms with Crippen LogP contribution in [0.2, 0.25) is 0 Å².